The SMILES string of the molecule is Cc1oc(C)c(C(=O)OCC(=O)Nc2nc(-c3cccc([N+](=O)[O-])c3)cs2)c1C. The molecule has 2 heterocycles. The Hall–Kier alpha value is -3.53. The summed E-state index contributed by atoms with van der Waals surface area (Å²) in [6, 6.07) is 6.04. The number of furan rings is 1. The zero-order valence-electron chi connectivity index (χ0n) is 15.8. The first-order valence-electron chi connectivity index (χ1n) is 8.50. The summed E-state index contributed by atoms with van der Waals surface area (Å²) < 4.78 is 10.4. The van der Waals surface area contributed by atoms with Crippen LogP contribution in [-0.2, 0) is 9.53 Å². The Bertz CT molecular complexity index is 1100. The lowest BCUT2D eigenvalue weighted by atomic mass is 10.1. The van der Waals surface area contributed by atoms with Gasteiger partial charge in [0.05, 0.1) is 10.6 Å². The molecule has 1 N–H and O–H groups in total. The van der Waals surface area contributed by atoms with Crippen molar-refractivity contribution in [2.24, 2.45) is 0 Å². The van der Waals surface area contributed by atoms with Crippen molar-refractivity contribution in [3.63, 3.8) is 0 Å². The maximum absolute atomic E-state index is 12.2. The number of amides is 1. The number of ether oxygens (including phenoxy) is 1. The van der Waals surface area contributed by atoms with Crippen LogP contribution in [-0.4, -0.2) is 28.4 Å². The predicted octanol–water partition coefficient (Wildman–Crippen LogP) is 4.03. The van der Waals surface area contributed by atoms with Crippen LogP contribution in [0.5, 0.6) is 0 Å². The molecule has 0 unspecified atom stereocenters. The summed E-state index contributed by atoms with van der Waals surface area (Å²) in [6.07, 6.45) is 0. The number of carbonyl (C=O) groups is 2. The third-order valence-corrected chi connectivity index (χ3v) is 4.96. The van der Waals surface area contributed by atoms with Crippen molar-refractivity contribution in [2.75, 3.05) is 11.9 Å². The number of rotatable bonds is 6. The van der Waals surface area contributed by atoms with Gasteiger partial charge in [-0.05, 0) is 20.8 Å². The number of esters is 1. The number of aromatic nitrogens is 1. The van der Waals surface area contributed by atoms with Crippen LogP contribution < -0.4 is 5.32 Å². The highest BCUT2D eigenvalue weighted by atomic mass is 32.1. The normalized spacial score (nSPS) is 10.6. The van der Waals surface area contributed by atoms with Gasteiger partial charge < -0.3 is 9.15 Å². The van der Waals surface area contributed by atoms with Crippen LogP contribution in [0.15, 0.2) is 34.1 Å². The van der Waals surface area contributed by atoms with E-state index in [0.29, 0.717) is 39.0 Å². The smallest absolute Gasteiger partial charge is 0.342 e. The van der Waals surface area contributed by atoms with Crippen molar-refractivity contribution >= 4 is 34.0 Å². The van der Waals surface area contributed by atoms with E-state index in [-0.39, 0.29) is 5.69 Å². The average Bonchev–Trinajstić information content (AvgIpc) is 3.24. The monoisotopic (exact) mass is 415 g/mol. The Balaban J connectivity index is 1.61. The van der Waals surface area contributed by atoms with Gasteiger partial charge in [-0.3, -0.25) is 20.2 Å². The van der Waals surface area contributed by atoms with E-state index in [9.17, 15) is 19.7 Å². The third kappa shape index (κ3) is 4.49. The van der Waals surface area contributed by atoms with Crippen LogP contribution in [0.1, 0.15) is 27.4 Å². The van der Waals surface area contributed by atoms with Crippen molar-refractivity contribution in [2.45, 2.75) is 20.8 Å². The zero-order chi connectivity index (χ0) is 21.1. The quantitative estimate of drug-likeness (QED) is 0.366. The lowest BCUT2D eigenvalue weighted by Crippen LogP contribution is -2.21. The van der Waals surface area contributed by atoms with E-state index in [0.717, 1.165) is 11.3 Å². The molecule has 29 heavy (non-hydrogen) atoms. The fraction of sp³-hybridized carbons (Fsp3) is 0.211. The largest absolute Gasteiger partial charge is 0.465 e. The first-order valence-corrected chi connectivity index (χ1v) is 9.38. The highest BCUT2D eigenvalue weighted by molar-refractivity contribution is 7.14. The summed E-state index contributed by atoms with van der Waals surface area (Å²) in [7, 11) is 0. The van der Waals surface area contributed by atoms with Gasteiger partial charge in [0.1, 0.15) is 17.1 Å². The minimum atomic E-state index is -0.636. The summed E-state index contributed by atoms with van der Waals surface area (Å²) in [5, 5.41) is 15.4. The molecule has 0 aliphatic heterocycles. The van der Waals surface area contributed by atoms with Gasteiger partial charge in [0, 0.05) is 28.6 Å². The number of nitrogens with one attached hydrogen (secondary N) is 1. The predicted molar refractivity (Wildman–Crippen MR) is 106 cm³/mol. The Morgan fingerprint density at radius 3 is 2.69 bits per heavy atom. The second-order valence-corrected chi connectivity index (χ2v) is 7.04. The van der Waals surface area contributed by atoms with E-state index >= 15 is 0 Å². The fourth-order valence-corrected chi connectivity index (χ4v) is 3.43. The Kier molecular flexibility index (Phi) is 5.74. The number of anilines is 1. The van der Waals surface area contributed by atoms with Crippen molar-refractivity contribution < 1.29 is 23.7 Å². The van der Waals surface area contributed by atoms with Gasteiger partial charge in [-0.25, -0.2) is 9.78 Å². The van der Waals surface area contributed by atoms with Gasteiger partial charge in [-0.2, -0.15) is 0 Å². The second kappa shape index (κ2) is 8.23. The van der Waals surface area contributed by atoms with Crippen LogP contribution >= 0.6 is 11.3 Å². The van der Waals surface area contributed by atoms with E-state index < -0.39 is 23.4 Å². The molecule has 0 aliphatic rings. The molecule has 9 nitrogen and oxygen atoms in total. The molecule has 0 aliphatic carbocycles. The van der Waals surface area contributed by atoms with Crippen LogP contribution in [0.3, 0.4) is 0 Å². The van der Waals surface area contributed by atoms with Gasteiger partial charge >= 0.3 is 5.97 Å². The van der Waals surface area contributed by atoms with E-state index in [4.69, 9.17) is 9.15 Å². The number of nitro groups is 1. The number of benzene rings is 1. The summed E-state index contributed by atoms with van der Waals surface area (Å²) >= 11 is 1.16. The Morgan fingerprint density at radius 2 is 2.03 bits per heavy atom. The molecule has 1 amide bonds. The van der Waals surface area contributed by atoms with Crippen molar-refractivity contribution in [3.05, 3.63) is 62.4 Å². The van der Waals surface area contributed by atoms with E-state index in [1.165, 1.54) is 12.1 Å². The molecule has 0 radical (unpaired) electrons. The number of hydrogen-bond donors (Lipinski definition) is 1. The standard InChI is InChI=1S/C19H17N3O6S/c1-10-11(2)28-12(3)17(10)18(24)27-8-16(23)21-19-20-15(9-29-19)13-5-4-6-14(7-13)22(25)26/h4-7,9H,8H2,1-3H3,(H,20,21,23). The number of nitrogens with zero attached hydrogens (tertiary/aromatic N) is 2. The second-order valence-electron chi connectivity index (χ2n) is 6.18. The molecule has 0 saturated carbocycles. The Labute approximate surface area is 169 Å². The highest BCUT2D eigenvalue weighted by Gasteiger charge is 2.21. The maximum atomic E-state index is 12.2. The van der Waals surface area contributed by atoms with Gasteiger partial charge in [0.15, 0.2) is 11.7 Å². The molecule has 2 aromatic heterocycles. The average molecular weight is 415 g/mol. The molecular formula is C19H17N3O6S. The van der Waals surface area contributed by atoms with Crippen molar-refractivity contribution in [3.8, 4) is 11.3 Å². The Morgan fingerprint density at radius 1 is 1.28 bits per heavy atom. The molecular weight excluding hydrogens is 398 g/mol. The van der Waals surface area contributed by atoms with Crippen molar-refractivity contribution in [1.29, 1.82) is 0 Å². The van der Waals surface area contributed by atoms with Gasteiger partial charge in [-0.15, -0.1) is 11.3 Å². The topological polar surface area (TPSA) is 125 Å². The minimum Gasteiger partial charge on any atom is -0.465 e. The van der Waals surface area contributed by atoms with Crippen LogP contribution in [0, 0.1) is 30.9 Å². The summed E-state index contributed by atoms with van der Waals surface area (Å²) in [4.78, 5) is 38.9. The third-order valence-electron chi connectivity index (χ3n) is 4.20. The van der Waals surface area contributed by atoms with Crippen LogP contribution in [0.2, 0.25) is 0 Å². The molecule has 3 rings (SSSR count). The van der Waals surface area contributed by atoms with E-state index in [1.807, 2.05) is 0 Å². The van der Waals surface area contributed by atoms with E-state index in [2.05, 4.69) is 10.3 Å². The number of carbonyl (C=O) groups excluding carboxylic acids is 2. The molecule has 0 fully saturated rings. The molecule has 150 valence electrons. The summed E-state index contributed by atoms with van der Waals surface area (Å²) in [6.45, 7) is 4.66. The zero-order valence-corrected chi connectivity index (χ0v) is 16.7. The number of nitro benzene ring substituents is 1. The number of aryl methyl sites for hydroxylation is 2. The molecule has 0 atom stereocenters. The minimum absolute atomic E-state index is 0.0481. The van der Waals surface area contributed by atoms with Gasteiger partial charge in [-0.1, -0.05) is 12.1 Å². The number of hydrogen-bond acceptors (Lipinski definition) is 8. The maximum Gasteiger partial charge on any atom is 0.342 e. The molecule has 3 aromatic rings. The molecule has 0 bridgehead atoms. The fourth-order valence-electron chi connectivity index (χ4n) is 2.70. The van der Waals surface area contributed by atoms with Gasteiger partial charge in [0.2, 0.25) is 0 Å². The van der Waals surface area contributed by atoms with E-state index in [1.54, 1.807) is 38.3 Å². The molecule has 10 heteroatoms. The van der Waals surface area contributed by atoms with Gasteiger partial charge in [0.25, 0.3) is 11.6 Å². The molecule has 0 spiro atoms. The first-order chi connectivity index (χ1) is 13.8. The molecule has 1 aromatic carbocycles. The van der Waals surface area contributed by atoms with Crippen molar-refractivity contribution in [1.82, 2.24) is 4.98 Å². The first kappa shape index (κ1) is 20.2. The highest BCUT2D eigenvalue weighted by Crippen LogP contribution is 2.27. The summed E-state index contributed by atoms with van der Waals surface area (Å²) in [5.74, 6) is -0.125. The lowest BCUT2D eigenvalue weighted by molar-refractivity contribution is -0.384. The lowest BCUT2D eigenvalue weighted by Gasteiger charge is -2.05. The number of non-ortho nitro benzene ring substituents is 1. The molecule has 0 saturated heterocycles. The number of thiazole rings is 1. The summed E-state index contributed by atoms with van der Waals surface area (Å²) in [5.41, 5.74) is 2.00. The van der Waals surface area contributed by atoms with Crippen LogP contribution in [0.4, 0.5) is 10.8 Å². The van der Waals surface area contributed by atoms with Crippen LogP contribution in [0.25, 0.3) is 11.3 Å².